The maximum absolute atomic E-state index is 11.2. The van der Waals surface area contributed by atoms with Gasteiger partial charge < -0.3 is 21.3 Å². The van der Waals surface area contributed by atoms with Crippen molar-refractivity contribution >= 4 is 29.0 Å². The highest BCUT2D eigenvalue weighted by Crippen LogP contribution is 2.19. The van der Waals surface area contributed by atoms with Crippen LogP contribution in [0.3, 0.4) is 0 Å². The van der Waals surface area contributed by atoms with E-state index in [1.165, 1.54) is 12.1 Å². The molecule has 0 atom stereocenters. The molecule has 0 saturated carbocycles. The van der Waals surface area contributed by atoms with Gasteiger partial charge in [0.15, 0.2) is 5.11 Å². The van der Waals surface area contributed by atoms with Gasteiger partial charge >= 0.3 is 5.97 Å². The molecule has 0 bridgehead atoms. The summed E-state index contributed by atoms with van der Waals surface area (Å²) in [6.07, 6.45) is 0. The Kier molecular flexibility index (Phi) is 2.88. The monoisotopic (exact) mass is 211 g/mol. The molecular weight excluding hydrogens is 204 g/mol. The van der Waals surface area contributed by atoms with Crippen LogP contribution in [0.15, 0.2) is 18.2 Å². The molecule has 1 aromatic carbocycles. The van der Waals surface area contributed by atoms with Gasteiger partial charge in [-0.3, -0.25) is 0 Å². The Bertz CT molecular complexity index is 392. The fraction of sp³-hybridized carbons (Fsp3) is 0. The lowest BCUT2D eigenvalue weighted by Crippen LogP contribution is -2.19. The van der Waals surface area contributed by atoms with Gasteiger partial charge in [0.25, 0.3) is 0 Å². The van der Waals surface area contributed by atoms with Crippen LogP contribution in [0, 0.1) is 0 Å². The van der Waals surface area contributed by atoms with Crippen molar-refractivity contribution in [3.63, 3.8) is 0 Å². The van der Waals surface area contributed by atoms with Crippen molar-refractivity contribution in [2.45, 2.75) is 0 Å². The second kappa shape index (κ2) is 3.93. The Balaban J connectivity index is 3.00. The first-order chi connectivity index (χ1) is 6.50. The Labute approximate surface area is 85.2 Å². The van der Waals surface area contributed by atoms with Crippen LogP contribution < -0.4 is 16.2 Å². The lowest BCUT2D eigenvalue weighted by atomic mass is 10.2. The number of aromatic carboxylic acids is 1. The molecule has 74 valence electrons. The minimum Gasteiger partial charge on any atom is -0.872 e. The van der Waals surface area contributed by atoms with Gasteiger partial charge in [0.1, 0.15) is 0 Å². The minimum atomic E-state index is -1.25. The van der Waals surface area contributed by atoms with E-state index in [1.807, 2.05) is 0 Å². The van der Waals surface area contributed by atoms with Crippen molar-refractivity contribution in [2.75, 3.05) is 5.32 Å². The zero-order valence-electron chi connectivity index (χ0n) is 6.98. The fourth-order valence-electron chi connectivity index (χ4n) is 0.919. The van der Waals surface area contributed by atoms with E-state index in [0.29, 0.717) is 5.69 Å². The molecule has 1 rings (SSSR count). The number of thiocarbonyl (C=S) groups is 1. The zero-order valence-corrected chi connectivity index (χ0v) is 7.80. The third kappa shape index (κ3) is 2.33. The lowest BCUT2D eigenvalue weighted by molar-refractivity contribution is -0.268. The second-order valence-electron chi connectivity index (χ2n) is 2.51. The molecular formula is C8H7N2O3S-. The van der Waals surface area contributed by atoms with Crippen LogP contribution in [0.4, 0.5) is 5.69 Å². The van der Waals surface area contributed by atoms with Crippen LogP contribution in [0.1, 0.15) is 10.4 Å². The number of benzene rings is 1. The fourth-order valence-corrected chi connectivity index (χ4v) is 1.04. The molecule has 0 aliphatic rings. The molecule has 0 unspecified atom stereocenters. The number of rotatable bonds is 2. The van der Waals surface area contributed by atoms with Crippen molar-refractivity contribution < 1.29 is 15.0 Å². The van der Waals surface area contributed by atoms with Crippen LogP contribution in [0.5, 0.6) is 5.75 Å². The molecule has 5 nitrogen and oxygen atoms in total. The van der Waals surface area contributed by atoms with Gasteiger partial charge in [-0.05, 0) is 30.4 Å². The van der Waals surface area contributed by atoms with Crippen molar-refractivity contribution in [3.8, 4) is 5.75 Å². The quantitative estimate of drug-likeness (QED) is 0.601. The first-order valence-electron chi connectivity index (χ1n) is 3.61. The van der Waals surface area contributed by atoms with Crippen molar-refractivity contribution in [1.82, 2.24) is 0 Å². The van der Waals surface area contributed by atoms with E-state index in [-0.39, 0.29) is 10.7 Å². The first-order valence-corrected chi connectivity index (χ1v) is 4.02. The summed E-state index contributed by atoms with van der Waals surface area (Å²) in [7, 11) is 0. The van der Waals surface area contributed by atoms with E-state index >= 15 is 0 Å². The molecule has 0 aromatic heterocycles. The predicted molar refractivity (Wildman–Crippen MR) is 53.3 cm³/mol. The predicted octanol–water partition coefficient (Wildman–Crippen LogP) is 0.114. The molecule has 14 heavy (non-hydrogen) atoms. The summed E-state index contributed by atoms with van der Waals surface area (Å²) in [6, 6.07) is 3.75. The number of carboxylic acid groups (broad SMARTS) is 1. The highest BCUT2D eigenvalue weighted by molar-refractivity contribution is 7.80. The number of anilines is 1. The van der Waals surface area contributed by atoms with E-state index in [9.17, 15) is 9.90 Å². The highest BCUT2D eigenvalue weighted by atomic mass is 32.1. The maximum atomic E-state index is 11.2. The summed E-state index contributed by atoms with van der Waals surface area (Å²) >= 11 is 4.55. The van der Waals surface area contributed by atoms with Gasteiger partial charge in [-0.15, -0.1) is 0 Å². The van der Waals surface area contributed by atoms with Gasteiger partial charge in [-0.2, -0.15) is 0 Å². The van der Waals surface area contributed by atoms with Gasteiger partial charge in [0.05, 0.1) is 5.56 Å². The summed E-state index contributed by atoms with van der Waals surface area (Å²) in [4.78, 5) is 10.5. The van der Waals surface area contributed by atoms with Gasteiger partial charge in [0, 0.05) is 5.69 Å². The summed E-state index contributed by atoms with van der Waals surface area (Å²) in [5.41, 5.74) is 5.28. The van der Waals surface area contributed by atoms with E-state index < -0.39 is 11.7 Å². The van der Waals surface area contributed by atoms with Crippen LogP contribution >= 0.6 is 12.2 Å². The van der Waals surface area contributed by atoms with Crippen molar-refractivity contribution in [1.29, 1.82) is 0 Å². The number of carboxylic acids is 1. The normalized spacial score (nSPS) is 9.43. The number of carbonyl (C=O) groups is 1. The Morgan fingerprint density at radius 1 is 1.57 bits per heavy atom. The van der Waals surface area contributed by atoms with E-state index in [1.54, 1.807) is 0 Å². The molecule has 0 spiro atoms. The van der Waals surface area contributed by atoms with E-state index in [2.05, 4.69) is 17.5 Å². The SMILES string of the molecule is NC(=S)Nc1ccc(C(=O)O)c([O-])c1. The molecule has 0 aliphatic carbocycles. The second-order valence-corrected chi connectivity index (χ2v) is 2.95. The third-order valence-electron chi connectivity index (χ3n) is 1.48. The largest absolute Gasteiger partial charge is 0.872 e. The van der Waals surface area contributed by atoms with Crippen LogP contribution in [-0.4, -0.2) is 16.2 Å². The standard InChI is InChI=1S/C8H8N2O3S/c9-8(14)10-4-1-2-5(7(12)13)6(11)3-4/h1-3,11H,(H,12,13)(H3,9,10,14)/p-1. The Morgan fingerprint density at radius 2 is 2.21 bits per heavy atom. The molecule has 0 fully saturated rings. The number of nitrogens with two attached hydrogens (primary N) is 1. The average molecular weight is 211 g/mol. The van der Waals surface area contributed by atoms with E-state index in [0.717, 1.165) is 6.07 Å². The maximum Gasteiger partial charge on any atom is 0.335 e. The van der Waals surface area contributed by atoms with Gasteiger partial charge in [-0.25, -0.2) is 4.79 Å². The van der Waals surface area contributed by atoms with Crippen molar-refractivity contribution in [2.24, 2.45) is 5.73 Å². The highest BCUT2D eigenvalue weighted by Gasteiger charge is 2.03. The summed E-state index contributed by atoms with van der Waals surface area (Å²) in [6.45, 7) is 0. The topological polar surface area (TPSA) is 98.4 Å². The van der Waals surface area contributed by atoms with Crippen LogP contribution in [0.2, 0.25) is 0 Å². The third-order valence-corrected chi connectivity index (χ3v) is 1.58. The van der Waals surface area contributed by atoms with Crippen molar-refractivity contribution in [3.05, 3.63) is 23.8 Å². The molecule has 0 saturated heterocycles. The Hall–Kier alpha value is -1.82. The number of nitrogens with one attached hydrogen (secondary N) is 1. The molecule has 0 heterocycles. The molecule has 6 heteroatoms. The molecule has 0 aliphatic heterocycles. The molecule has 0 radical (unpaired) electrons. The number of hydrogen-bond acceptors (Lipinski definition) is 3. The van der Waals surface area contributed by atoms with E-state index in [4.69, 9.17) is 10.8 Å². The smallest absolute Gasteiger partial charge is 0.335 e. The van der Waals surface area contributed by atoms with Gasteiger partial charge in [-0.1, -0.05) is 5.75 Å². The Morgan fingerprint density at radius 3 is 2.64 bits per heavy atom. The lowest BCUT2D eigenvalue weighted by Gasteiger charge is -2.12. The summed E-state index contributed by atoms with van der Waals surface area (Å²) in [5, 5.41) is 22.3. The zero-order chi connectivity index (χ0) is 10.7. The first kappa shape index (κ1) is 10.3. The van der Waals surface area contributed by atoms with Gasteiger partial charge in [0.2, 0.25) is 0 Å². The summed E-state index contributed by atoms with van der Waals surface area (Å²) in [5.74, 6) is -1.84. The number of hydrogen-bond donors (Lipinski definition) is 3. The van der Waals surface area contributed by atoms with Crippen LogP contribution in [-0.2, 0) is 0 Å². The molecule has 4 N–H and O–H groups in total. The minimum absolute atomic E-state index is 0.0208. The average Bonchev–Trinajstić information content (AvgIpc) is 2.01. The molecule has 1 aromatic rings. The van der Waals surface area contributed by atoms with Crippen LogP contribution in [0.25, 0.3) is 0 Å². The summed E-state index contributed by atoms with van der Waals surface area (Å²) < 4.78 is 0. The molecule has 0 amide bonds.